The molecule has 0 aromatic heterocycles. The van der Waals surface area contributed by atoms with Crippen molar-refractivity contribution in [2.24, 2.45) is 5.73 Å². The second-order valence-electron chi connectivity index (χ2n) is 5.12. The van der Waals surface area contributed by atoms with Gasteiger partial charge in [-0.15, -0.1) is 0 Å². The smallest absolute Gasteiger partial charge is 0.221 e. The first-order chi connectivity index (χ1) is 8.25. The van der Waals surface area contributed by atoms with Gasteiger partial charge in [0.15, 0.2) is 5.78 Å². The third-order valence-electron chi connectivity index (χ3n) is 3.27. The number of amides is 1. The summed E-state index contributed by atoms with van der Waals surface area (Å²) in [5, 5.41) is 0. The quantitative estimate of drug-likeness (QED) is 0.797. The van der Waals surface area contributed by atoms with E-state index in [1.807, 2.05) is 32.8 Å². The molecule has 1 aromatic rings. The Morgan fingerprint density at radius 3 is 2.06 bits per heavy atom. The second kappa shape index (κ2) is 5.31. The van der Waals surface area contributed by atoms with Gasteiger partial charge in [-0.1, -0.05) is 24.3 Å². The summed E-state index contributed by atoms with van der Waals surface area (Å²) < 4.78 is 0. The Labute approximate surface area is 108 Å². The summed E-state index contributed by atoms with van der Waals surface area (Å²) >= 11 is 0. The molecule has 18 heavy (non-hydrogen) atoms. The number of primary amides is 1. The zero-order chi connectivity index (χ0) is 13.9. The number of rotatable bonds is 5. The monoisotopic (exact) mass is 248 g/mol. The summed E-state index contributed by atoms with van der Waals surface area (Å²) in [4.78, 5) is 25.0. The molecule has 4 heteroatoms. The molecule has 4 nitrogen and oxygen atoms in total. The summed E-state index contributed by atoms with van der Waals surface area (Å²) in [6.45, 7) is 3.76. The van der Waals surface area contributed by atoms with E-state index in [1.165, 1.54) is 0 Å². The molecule has 0 fully saturated rings. The highest BCUT2D eigenvalue weighted by molar-refractivity contribution is 6.02. The van der Waals surface area contributed by atoms with E-state index < -0.39 is 5.54 Å². The maximum Gasteiger partial charge on any atom is 0.221 e. The normalized spacial score (nSPS) is 11.6. The third kappa shape index (κ3) is 3.17. The Bertz CT molecular complexity index is 447. The SMILES string of the molecule is CN(C)C(C)(C)C(=O)c1ccc(CC(N)=O)cc1. The molecule has 0 aliphatic heterocycles. The van der Waals surface area contributed by atoms with Crippen LogP contribution in [0.5, 0.6) is 0 Å². The maximum atomic E-state index is 12.3. The van der Waals surface area contributed by atoms with Gasteiger partial charge in [0.05, 0.1) is 12.0 Å². The van der Waals surface area contributed by atoms with Crippen molar-refractivity contribution < 1.29 is 9.59 Å². The van der Waals surface area contributed by atoms with E-state index in [4.69, 9.17) is 5.73 Å². The molecule has 1 rings (SSSR count). The standard InChI is InChI=1S/C14H20N2O2/c1-14(2,16(3)4)13(18)11-7-5-10(6-8-11)9-12(15)17/h5-8H,9H2,1-4H3,(H2,15,17). The van der Waals surface area contributed by atoms with Gasteiger partial charge in [-0.2, -0.15) is 0 Å². The van der Waals surface area contributed by atoms with Crippen LogP contribution in [0, 0.1) is 0 Å². The Morgan fingerprint density at radius 2 is 1.67 bits per heavy atom. The average Bonchev–Trinajstić information content (AvgIpc) is 2.28. The molecule has 0 spiro atoms. The van der Waals surface area contributed by atoms with E-state index in [2.05, 4.69) is 0 Å². The lowest BCUT2D eigenvalue weighted by molar-refractivity contribution is -0.117. The Morgan fingerprint density at radius 1 is 1.17 bits per heavy atom. The molecule has 2 N–H and O–H groups in total. The van der Waals surface area contributed by atoms with Crippen molar-refractivity contribution in [1.82, 2.24) is 4.90 Å². The summed E-state index contributed by atoms with van der Waals surface area (Å²) in [7, 11) is 3.75. The van der Waals surface area contributed by atoms with Gasteiger partial charge in [-0.25, -0.2) is 0 Å². The van der Waals surface area contributed by atoms with Crippen LogP contribution in [0.1, 0.15) is 29.8 Å². The van der Waals surface area contributed by atoms with E-state index in [1.54, 1.807) is 24.3 Å². The molecular formula is C14H20N2O2. The van der Waals surface area contributed by atoms with Crippen LogP contribution >= 0.6 is 0 Å². The number of hydrogen-bond acceptors (Lipinski definition) is 3. The highest BCUT2D eigenvalue weighted by Gasteiger charge is 2.30. The summed E-state index contributed by atoms with van der Waals surface area (Å²) in [5.74, 6) is -0.319. The predicted octanol–water partition coefficient (Wildman–Crippen LogP) is 1.24. The largest absolute Gasteiger partial charge is 0.369 e. The van der Waals surface area contributed by atoms with Crippen LogP contribution < -0.4 is 5.73 Å². The van der Waals surface area contributed by atoms with Crippen LogP contribution in [0.15, 0.2) is 24.3 Å². The van der Waals surface area contributed by atoms with Gasteiger partial charge < -0.3 is 5.73 Å². The Hall–Kier alpha value is -1.68. The number of nitrogens with zero attached hydrogens (tertiary/aromatic N) is 1. The lowest BCUT2D eigenvalue weighted by Crippen LogP contribution is -2.45. The Kier molecular flexibility index (Phi) is 4.24. The number of Topliss-reactive ketones (excluding diaryl/α,β-unsaturated/α-hetero) is 1. The van der Waals surface area contributed by atoms with Crippen molar-refractivity contribution in [3.05, 3.63) is 35.4 Å². The van der Waals surface area contributed by atoms with E-state index >= 15 is 0 Å². The van der Waals surface area contributed by atoms with Gasteiger partial charge in [-0.05, 0) is 33.5 Å². The fourth-order valence-corrected chi connectivity index (χ4v) is 1.53. The van der Waals surface area contributed by atoms with E-state index in [0.717, 1.165) is 5.56 Å². The van der Waals surface area contributed by atoms with Crippen molar-refractivity contribution in [1.29, 1.82) is 0 Å². The van der Waals surface area contributed by atoms with Crippen molar-refractivity contribution in [3.8, 4) is 0 Å². The topological polar surface area (TPSA) is 63.4 Å². The first-order valence-corrected chi connectivity index (χ1v) is 5.84. The van der Waals surface area contributed by atoms with Gasteiger partial charge >= 0.3 is 0 Å². The molecule has 0 saturated heterocycles. The first-order valence-electron chi connectivity index (χ1n) is 5.84. The summed E-state index contributed by atoms with van der Waals surface area (Å²) in [5.41, 5.74) is 6.03. The minimum Gasteiger partial charge on any atom is -0.369 e. The number of benzene rings is 1. The number of carbonyl (C=O) groups is 2. The molecule has 0 bridgehead atoms. The molecular weight excluding hydrogens is 228 g/mol. The molecule has 0 aliphatic rings. The lowest BCUT2D eigenvalue weighted by Gasteiger charge is -2.30. The van der Waals surface area contributed by atoms with Crippen LogP contribution in [-0.2, 0) is 11.2 Å². The summed E-state index contributed by atoms with van der Waals surface area (Å²) in [6, 6.07) is 7.02. The number of hydrogen-bond donors (Lipinski definition) is 1. The molecule has 1 amide bonds. The fourth-order valence-electron chi connectivity index (χ4n) is 1.53. The van der Waals surface area contributed by atoms with Crippen molar-refractivity contribution in [3.63, 3.8) is 0 Å². The number of nitrogens with two attached hydrogens (primary N) is 1. The van der Waals surface area contributed by atoms with E-state index in [0.29, 0.717) is 5.56 Å². The predicted molar refractivity (Wildman–Crippen MR) is 71.4 cm³/mol. The zero-order valence-electron chi connectivity index (χ0n) is 11.4. The second-order valence-corrected chi connectivity index (χ2v) is 5.12. The van der Waals surface area contributed by atoms with Gasteiger partial charge in [-0.3, -0.25) is 14.5 Å². The minimum absolute atomic E-state index is 0.0538. The molecule has 0 saturated carbocycles. The van der Waals surface area contributed by atoms with E-state index in [-0.39, 0.29) is 18.1 Å². The van der Waals surface area contributed by atoms with Gasteiger partial charge in [0, 0.05) is 5.56 Å². The molecule has 0 radical (unpaired) electrons. The molecule has 0 aliphatic carbocycles. The van der Waals surface area contributed by atoms with Gasteiger partial charge in [0.1, 0.15) is 0 Å². The molecule has 0 heterocycles. The van der Waals surface area contributed by atoms with Crippen molar-refractivity contribution in [2.45, 2.75) is 25.8 Å². The number of ketones is 1. The van der Waals surface area contributed by atoms with Gasteiger partial charge in [0.25, 0.3) is 0 Å². The maximum absolute atomic E-state index is 12.3. The van der Waals surface area contributed by atoms with Crippen LogP contribution in [0.2, 0.25) is 0 Å². The van der Waals surface area contributed by atoms with Crippen LogP contribution in [0.4, 0.5) is 0 Å². The van der Waals surface area contributed by atoms with Crippen LogP contribution in [0.3, 0.4) is 0 Å². The highest BCUT2D eigenvalue weighted by Crippen LogP contribution is 2.18. The third-order valence-corrected chi connectivity index (χ3v) is 3.27. The molecule has 0 unspecified atom stereocenters. The summed E-state index contributed by atoms with van der Waals surface area (Å²) in [6.07, 6.45) is 0.200. The zero-order valence-corrected chi connectivity index (χ0v) is 11.4. The Balaban J connectivity index is 2.92. The lowest BCUT2D eigenvalue weighted by atomic mass is 9.91. The molecule has 1 aromatic carbocycles. The van der Waals surface area contributed by atoms with E-state index in [9.17, 15) is 9.59 Å². The van der Waals surface area contributed by atoms with Gasteiger partial charge in [0.2, 0.25) is 5.91 Å². The average molecular weight is 248 g/mol. The number of carbonyl (C=O) groups excluding carboxylic acids is 2. The van der Waals surface area contributed by atoms with Crippen molar-refractivity contribution in [2.75, 3.05) is 14.1 Å². The first kappa shape index (κ1) is 14.4. The van der Waals surface area contributed by atoms with Crippen LogP contribution in [0.25, 0.3) is 0 Å². The minimum atomic E-state index is -0.550. The van der Waals surface area contributed by atoms with Crippen molar-refractivity contribution >= 4 is 11.7 Å². The number of likely N-dealkylation sites (N-methyl/N-ethyl adjacent to an activating group) is 1. The van der Waals surface area contributed by atoms with Crippen LogP contribution in [-0.4, -0.2) is 36.2 Å². The molecule has 98 valence electrons. The highest BCUT2D eigenvalue weighted by atomic mass is 16.1. The molecule has 0 atom stereocenters. The fraction of sp³-hybridized carbons (Fsp3) is 0.429.